The van der Waals surface area contributed by atoms with Gasteiger partial charge < -0.3 is 28.8 Å². The van der Waals surface area contributed by atoms with Gasteiger partial charge in [0.1, 0.15) is 13.2 Å². The van der Waals surface area contributed by atoms with E-state index in [0.29, 0.717) is 17.4 Å². The van der Waals surface area contributed by atoms with Crippen molar-refractivity contribution in [3.8, 4) is 0 Å². The van der Waals surface area contributed by atoms with Crippen LogP contribution in [0.4, 0.5) is 0 Å². The molecule has 0 bridgehead atoms. The number of aliphatic hydroxyl groups is 1. The molecule has 0 rings (SSSR count). The molecule has 1 amide bonds. The first-order valence-electron chi connectivity index (χ1n) is 31.4. The van der Waals surface area contributed by atoms with E-state index in [9.17, 15) is 19.4 Å². The average Bonchev–Trinajstić information content (AvgIpc) is 3.34. The Bertz CT molecular complexity index is 1270. The summed E-state index contributed by atoms with van der Waals surface area (Å²) in [7, 11) is 1.25. The molecular weight excluding hydrogens is 912 g/mol. The third kappa shape index (κ3) is 56.4. The molecule has 0 aromatic carbocycles. The fourth-order valence-corrected chi connectivity index (χ4v) is 10.1. The van der Waals surface area contributed by atoms with Crippen LogP contribution in [0.1, 0.15) is 309 Å². The van der Waals surface area contributed by atoms with Crippen molar-refractivity contribution in [2.75, 3.05) is 40.9 Å². The summed E-state index contributed by atoms with van der Waals surface area (Å²) < 4.78 is 23.3. The van der Waals surface area contributed by atoms with E-state index in [1.807, 2.05) is 27.2 Å². The van der Waals surface area contributed by atoms with Crippen LogP contribution >= 0.6 is 7.82 Å². The highest BCUT2D eigenvalue weighted by molar-refractivity contribution is 7.45. The number of likely N-dealkylation sites (N-methyl/N-ethyl adjacent to an activating group) is 1. The average molecular weight is 1040 g/mol. The Morgan fingerprint density at radius 1 is 0.472 bits per heavy atom. The van der Waals surface area contributed by atoms with Crippen LogP contribution in [0, 0.1) is 0 Å². The lowest BCUT2D eigenvalue weighted by Gasteiger charge is -2.29. The number of hydrogen-bond donors (Lipinski definition) is 2. The number of hydrogen-bond acceptors (Lipinski definition) is 6. The molecule has 0 saturated carbocycles. The third-order valence-electron chi connectivity index (χ3n) is 14.3. The Hall–Kier alpha value is -1.28. The number of allylic oxidation sites excluding steroid dienone is 5. The van der Waals surface area contributed by atoms with Crippen LogP contribution in [0.15, 0.2) is 36.5 Å². The Morgan fingerprint density at radius 2 is 0.778 bits per heavy atom. The second-order valence-corrected chi connectivity index (χ2v) is 24.2. The number of unbranched alkanes of at least 4 members (excludes halogenated alkanes) is 41. The summed E-state index contributed by atoms with van der Waals surface area (Å²) in [5, 5.41) is 13.8. The largest absolute Gasteiger partial charge is 0.756 e. The van der Waals surface area contributed by atoms with Gasteiger partial charge in [-0.25, -0.2) is 0 Å². The number of phosphoric acid groups is 1. The summed E-state index contributed by atoms with van der Waals surface area (Å²) in [5.41, 5.74) is 0. The van der Waals surface area contributed by atoms with Gasteiger partial charge in [0, 0.05) is 6.42 Å². The number of carbonyl (C=O) groups is 1. The number of rotatable bonds is 58. The highest BCUT2D eigenvalue weighted by Crippen LogP contribution is 2.38. The predicted molar refractivity (Wildman–Crippen MR) is 311 cm³/mol. The van der Waals surface area contributed by atoms with Crippen LogP contribution < -0.4 is 10.2 Å². The monoisotopic (exact) mass is 1030 g/mol. The van der Waals surface area contributed by atoms with Crippen molar-refractivity contribution in [1.29, 1.82) is 0 Å². The Morgan fingerprint density at radius 3 is 1.12 bits per heavy atom. The van der Waals surface area contributed by atoms with Crippen molar-refractivity contribution in [2.45, 2.75) is 321 Å². The standard InChI is InChI=1S/C63H123N2O6P/c1-6-8-10-12-14-16-18-19-20-21-22-23-24-25-26-27-28-29-30-31-32-33-34-35-36-37-38-39-40-41-42-43-44-45-47-49-51-53-55-57-63(67)64-61(60-71-72(68,69)70-59-58-65(3,4)5)62(66)56-54-52-50-48-46-17-15-13-11-9-7-2/h21-22,46,48,54,56,61-62,66H,6-20,23-45,47,49-53,55,57-60H2,1-5H3,(H-,64,67,68,69)/b22-21-,48-46+,56-54+. The maximum absolute atomic E-state index is 12.9. The molecule has 0 aliphatic carbocycles. The zero-order chi connectivity index (χ0) is 52.7. The van der Waals surface area contributed by atoms with Crippen molar-refractivity contribution in [2.24, 2.45) is 0 Å². The molecule has 0 heterocycles. The minimum absolute atomic E-state index is 0.00483. The van der Waals surface area contributed by atoms with E-state index in [-0.39, 0.29) is 19.1 Å². The Balaban J connectivity index is 3.82. The topological polar surface area (TPSA) is 108 Å². The highest BCUT2D eigenvalue weighted by Gasteiger charge is 2.23. The maximum Gasteiger partial charge on any atom is 0.268 e. The van der Waals surface area contributed by atoms with E-state index in [2.05, 4.69) is 43.5 Å². The molecule has 2 N–H and O–H groups in total. The summed E-state index contributed by atoms with van der Waals surface area (Å²) in [5.74, 6) is -0.204. The highest BCUT2D eigenvalue weighted by atomic mass is 31.2. The smallest absolute Gasteiger partial charge is 0.268 e. The summed E-state index contributed by atoms with van der Waals surface area (Å²) in [4.78, 5) is 25.4. The van der Waals surface area contributed by atoms with Gasteiger partial charge in [-0.3, -0.25) is 9.36 Å². The molecular formula is C63H123N2O6P. The summed E-state index contributed by atoms with van der Waals surface area (Å²) in [6.07, 6.45) is 71.4. The van der Waals surface area contributed by atoms with Gasteiger partial charge in [0.05, 0.1) is 39.9 Å². The van der Waals surface area contributed by atoms with Crippen molar-refractivity contribution >= 4 is 13.7 Å². The minimum Gasteiger partial charge on any atom is -0.756 e. The van der Waals surface area contributed by atoms with Crippen molar-refractivity contribution in [1.82, 2.24) is 5.32 Å². The summed E-state index contributed by atoms with van der Waals surface area (Å²) >= 11 is 0. The lowest BCUT2D eigenvalue weighted by atomic mass is 10.0. The number of amides is 1. The van der Waals surface area contributed by atoms with Crippen LogP contribution in [0.2, 0.25) is 0 Å². The van der Waals surface area contributed by atoms with Gasteiger partial charge in [-0.1, -0.05) is 281 Å². The van der Waals surface area contributed by atoms with Gasteiger partial charge >= 0.3 is 0 Å². The molecule has 0 aromatic heterocycles. The van der Waals surface area contributed by atoms with Gasteiger partial charge in [0.25, 0.3) is 7.82 Å². The molecule has 72 heavy (non-hydrogen) atoms. The number of carbonyl (C=O) groups excluding carboxylic acids is 1. The number of nitrogens with zero attached hydrogens (tertiary/aromatic N) is 1. The first kappa shape index (κ1) is 70.7. The van der Waals surface area contributed by atoms with Gasteiger partial charge in [-0.15, -0.1) is 0 Å². The zero-order valence-electron chi connectivity index (χ0n) is 48.6. The number of quaternary nitrogens is 1. The fourth-order valence-electron chi connectivity index (χ4n) is 9.40. The molecule has 3 atom stereocenters. The predicted octanol–water partition coefficient (Wildman–Crippen LogP) is 18.7. The molecule has 0 saturated heterocycles. The van der Waals surface area contributed by atoms with Crippen molar-refractivity contribution in [3.05, 3.63) is 36.5 Å². The summed E-state index contributed by atoms with van der Waals surface area (Å²) in [6.45, 7) is 4.62. The van der Waals surface area contributed by atoms with Crippen LogP contribution in [0.3, 0.4) is 0 Å². The van der Waals surface area contributed by atoms with Gasteiger partial charge in [-0.05, 0) is 57.8 Å². The Kier molecular flexibility index (Phi) is 53.5. The quantitative estimate of drug-likeness (QED) is 0.0272. The Labute approximate surface area is 448 Å². The molecule has 426 valence electrons. The lowest BCUT2D eigenvalue weighted by Crippen LogP contribution is -2.45. The minimum atomic E-state index is -4.60. The normalized spacial score (nSPS) is 14.0. The van der Waals surface area contributed by atoms with Crippen molar-refractivity contribution < 1.29 is 32.9 Å². The molecule has 0 radical (unpaired) electrons. The van der Waals surface area contributed by atoms with E-state index in [1.54, 1.807) is 6.08 Å². The zero-order valence-corrected chi connectivity index (χ0v) is 49.5. The van der Waals surface area contributed by atoms with Gasteiger partial charge in [0.15, 0.2) is 0 Å². The van der Waals surface area contributed by atoms with E-state index < -0.39 is 20.0 Å². The van der Waals surface area contributed by atoms with Gasteiger partial charge in [0.2, 0.25) is 5.91 Å². The SMILES string of the molecule is CCCCCCC/C=C/CC/C=C/C(O)C(COP(=O)([O-])OCC[N+](C)(C)C)NC(=O)CCCCCCCCCCCCCCCCCCCCCCCCCCCCC/C=C\CCCCCCCCCC. The van der Waals surface area contributed by atoms with E-state index in [4.69, 9.17) is 9.05 Å². The molecule has 9 heteroatoms. The number of nitrogens with one attached hydrogen (secondary N) is 1. The van der Waals surface area contributed by atoms with E-state index in [1.165, 1.54) is 250 Å². The molecule has 0 aliphatic heterocycles. The number of aliphatic hydroxyl groups excluding tert-OH is 1. The molecule has 0 aliphatic rings. The first-order chi connectivity index (χ1) is 35.0. The molecule has 0 spiro atoms. The van der Waals surface area contributed by atoms with Gasteiger partial charge in [-0.2, -0.15) is 0 Å². The first-order valence-corrected chi connectivity index (χ1v) is 32.8. The molecule has 0 aromatic rings. The lowest BCUT2D eigenvalue weighted by molar-refractivity contribution is -0.870. The van der Waals surface area contributed by atoms with Crippen LogP contribution in [0.5, 0.6) is 0 Å². The molecule has 3 unspecified atom stereocenters. The third-order valence-corrected chi connectivity index (χ3v) is 15.3. The van der Waals surface area contributed by atoms with E-state index >= 15 is 0 Å². The van der Waals surface area contributed by atoms with Crippen LogP contribution in [-0.4, -0.2) is 68.5 Å². The molecule has 0 fully saturated rings. The maximum atomic E-state index is 12.9. The number of phosphoric ester groups is 1. The second-order valence-electron chi connectivity index (χ2n) is 22.8. The fraction of sp³-hybridized carbons (Fsp3) is 0.889. The summed E-state index contributed by atoms with van der Waals surface area (Å²) in [6, 6.07) is -0.900. The second kappa shape index (κ2) is 54.5. The van der Waals surface area contributed by atoms with Crippen molar-refractivity contribution in [3.63, 3.8) is 0 Å². The molecule has 8 nitrogen and oxygen atoms in total. The van der Waals surface area contributed by atoms with Crippen LogP contribution in [-0.2, 0) is 18.4 Å². The van der Waals surface area contributed by atoms with Crippen LogP contribution in [0.25, 0.3) is 0 Å². The van der Waals surface area contributed by atoms with E-state index in [0.717, 1.165) is 38.5 Å².